The maximum atomic E-state index is 12.3. The van der Waals surface area contributed by atoms with E-state index in [0.29, 0.717) is 26.2 Å². The number of aliphatic hydroxyl groups excluding tert-OH is 1. The molecule has 0 aromatic rings. The predicted octanol–water partition coefficient (Wildman–Crippen LogP) is 0.376. The van der Waals surface area contributed by atoms with Gasteiger partial charge in [-0.15, -0.1) is 0 Å². The minimum absolute atomic E-state index is 0.00202. The van der Waals surface area contributed by atoms with Gasteiger partial charge >= 0.3 is 12.0 Å². The van der Waals surface area contributed by atoms with E-state index in [9.17, 15) is 9.59 Å². The zero-order valence-electron chi connectivity index (χ0n) is 12.0. The van der Waals surface area contributed by atoms with E-state index >= 15 is 0 Å². The molecule has 0 unspecified atom stereocenters. The van der Waals surface area contributed by atoms with Crippen molar-refractivity contribution in [3.8, 4) is 0 Å². The Bertz CT molecular complexity index is 316. The zero-order valence-corrected chi connectivity index (χ0v) is 12.0. The van der Waals surface area contributed by atoms with Gasteiger partial charge in [-0.05, 0) is 19.3 Å². The number of carbonyl (C=O) groups excluding carboxylic acids is 1. The van der Waals surface area contributed by atoms with Crippen LogP contribution in [0.3, 0.4) is 0 Å². The zero-order chi connectivity index (χ0) is 15.0. The SMILES string of the molecule is CCCN(CC(=O)O)C(=O)N1CCC(OCCO)CC1. The molecule has 2 N–H and O–H groups in total. The summed E-state index contributed by atoms with van der Waals surface area (Å²) in [5.74, 6) is -0.993. The largest absolute Gasteiger partial charge is 0.480 e. The first-order chi connectivity index (χ1) is 9.58. The molecule has 116 valence electrons. The second kappa shape index (κ2) is 8.76. The minimum Gasteiger partial charge on any atom is -0.480 e. The van der Waals surface area contributed by atoms with E-state index in [-0.39, 0.29) is 25.3 Å². The molecule has 0 saturated carbocycles. The number of amides is 2. The van der Waals surface area contributed by atoms with Crippen molar-refractivity contribution in [2.24, 2.45) is 0 Å². The summed E-state index contributed by atoms with van der Waals surface area (Å²) < 4.78 is 5.44. The first-order valence-corrected chi connectivity index (χ1v) is 7.06. The third kappa shape index (κ3) is 5.34. The molecule has 1 heterocycles. The molecule has 7 nitrogen and oxygen atoms in total. The van der Waals surface area contributed by atoms with E-state index in [1.807, 2.05) is 6.92 Å². The minimum atomic E-state index is -0.993. The fraction of sp³-hybridized carbons (Fsp3) is 0.846. The number of carboxylic acids is 1. The van der Waals surface area contributed by atoms with Gasteiger partial charge in [-0.1, -0.05) is 6.92 Å². The lowest BCUT2D eigenvalue weighted by atomic mass is 10.1. The summed E-state index contributed by atoms with van der Waals surface area (Å²) >= 11 is 0. The number of hydrogen-bond acceptors (Lipinski definition) is 4. The summed E-state index contributed by atoms with van der Waals surface area (Å²) in [5.41, 5.74) is 0. The van der Waals surface area contributed by atoms with E-state index in [0.717, 1.165) is 19.3 Å². The van der Waals surface area contributed by atoms with Gasteiger partial charge in [0.1, 0.15) is 6.54 Å². The third-order valence-corrected chi connectivity index (χ3v) is 3.25. The second-order valence-corrected chi connectivity index (χ2v) is 4.88. The lowest BCUT2D eigenvalue weighted by Crippen LogP contribution is -2.49. The quantitative estimate of drug-likeness (QED) is 0.706. The van der Waals surface area contributed by atoms with E-state index in [2.05, 4.69) is 0 Å². The Labute approximate surface area is 119 Å². The second-order valence-electron chi connectivity index (χ2n) is 4.88. The van der Waals surface area contributed by atoms with Crippen LogP contribution in [-0.2, 0) is 9.53 Å². The number of piperidine rings is 1. The standard InChI is InChI=1S/C13H24N2O5/c1-2-5-15(10-12(17)18)13(19)14-6-3-11(4-7-14)20-9-8-16/h11,16H,2-10H2,1H3,(H,17,18). The molecular weight excluding hydrogens is 264 g/mol. The van der Waals surface area contributed by atoms with Crippen molar-refractivity contribution in [1.29, 1.82) is 0 Å². The van der Waals surface area contributed by atoms with Crippen molar-refractivity contribution in [3.05, 3.63) is 0 Å². The van der Waals surface area contributed by atoms with E-state index in [1.54, 1.807) is 4.90 Å². The molecule has 1 saturated heterocycles. The Morgan fingerprint density at radius 3 is 2.50 bits per heavy atom. The monoisotopic (exact) mass is 288 g/mol. The van der Waals surface area contributed by atoms with E-state index < -0.39 is 5.97 Å². The smallest absolute Gasteiger partial charge is 0.323 e. The Morgan fingerprint density at radius 1 is 1.35 bits per heavy atom. The van der Waals surface area contributed by atoms with Crippen LogP contribution >= 0.6 is 0 Å². The average Bonchev–Trinajstić information content (AvgIpc) is 2.44. The molecule has 1 fully saturated rings. The number of aliphatic hydroxyl groups is 1. The van der Waals surface area contributed by atoms with Crippen LogP contribution in [0.5, 0.6) is 0 Å². The van der Waals surface area contributed by atoms with Gasteiger partial charge in [-0.2, -0.15) is 0 Å². The first kappa shape index (κ1) is 16.7. The van der Waals surface area contributed by atoms with Crippen molar-refractivity contribution in [1.82, 2.24) is 9.80 Å². The number of urea groups is 1. The van der Waals surface area contributed by atoms with E-state index in [1.165, 1.54) is 4.90 Å². The third-order valence-electron chi connectivity index (χ3n) is 3.25. The average molecular weight is 288 g/mol. The van der Waals surface area contributed by atoms with Gasteiger partial charge in [-0.25, -0.2) is 4.79 Å². The molecule has 0 aromatic heterocycles. The number of nitrogens with zero attached hydrogens (tertiary/aromatic N) is 2. The van der Waals surface area contributed by atoms with Gasteiger partial charge in [0, 0.05) is 19.6 Å². The summed E-state index contributed by atoms with van der Waals surface area (Å²) in [5, 5.41) is 17.5. The number of ether oxygens (including phenoxy) is 1. The maximum absolute atomic E-state index is 12.3. The topological polar surface area (TPSA) is 90.3 Å². The molecule has 0 atom stereocenters. The van der Waals surface area contributed by atoms with Crippen molar-refractivity contribution in [2.45, 2.75) is 32.3 Å². The summed E-state index contributed by atoms with van der Waals surface area (Å²) in [7, 11) is 0. The highest BCUT2D eigenvalue weighted by molar-refractivity contribution is 5.80. The molecule has 0 bridgehead atoms. The van der Waals surface area contributed by atoms with Crippen molar-refractivity contribution in [2.75, 3.05) is 39.4 Å². The Morgan fingerprint density at radius 2 is 2.00 bits per heavy atom. The highest BCUT2D eigenvalue weighted by Crippen LogP contribution is 2.15. The molecule has 0 spiro atoms. The van der Waals surface area contributed by atoms with Crippen molar-refractivity contribution in [3.63, 3.8) is 0 Å². The first-order valence-electron chi connectivity index (χ1n) is 7.06. The Kier molecular flexibility index (Phi) is 7.32. The molecule has 0 radical (unpaired) electrons. The van der Waals surface area contributed by atoms with Crippen LogP contribution < -0.4 is 0 Å². The predicted molar refractivity (Wildman–Crippen MR) is 72.5 cm³/mol. The number of likely N-dealkylation sites (tertiary alicyclic amines) is 1. The van der Waals surface area contributed by atoms with Gasteiger partial charge in [0.05, 0.1) is 19.3 Å². The normalized spacial score (nSPS) is 16.2. The number of rotatable bonds is 7. The number of carboxylic acid groups (broad SMARTS) is 1. The molecule has 0 aliphatic carbocycles. The lowest BCUT2D eigenvalue weighted by Gasteiger charge is -2.35. The van der Waals surface area contributed by atoms with Crippen LogP contribution in [0.25, 0.3) is 0 Å². The van der Waals surface area contributed by atoms with Crippen molar-refractivity contribution < 1.29 is 24.5 Å². The van der Waals surface area contributed by atoms with Crippen LogP contribution in [0.1, 0.15) is 26.2 Å². The van der Waals surface area contributed by atoms with Crippen LogP contribution in [0, 0.1) is 0 Å². The Hall–Kier alpha value is -1.34. The molecule has 7 heteroatoms. The molecule has 1 aliphatic rings. The molecule has 1 rings (SSSR count). The van der Waals surface area contributed by atoms with Gasteiger partial charge in [0.25, 0.3) is 0 Å². The van der Waals surface area contributed by atoms with Crippen LogP contribution in [-0.4, -0.2) is 77.5 Å². The summed E-state index contributed by atoms with van der Waals surface area (Å²) in [6.07, 6.45) is 2.25. The Balaban J connectivity index is 2.44. The van der Waals surface area contributed by atoms with Crippen LogP contribution in [0.2, 0.25) is 0 Å². The number of carbonyl (C=O) groups is 2. The van der Waals surface area contributed by atoms with Gasteiger partial charge in [0.2, 0.25) is 0 Å². The molecule has 0 aromatic carbocycles. The van der Waals surface area contributed by atoms with Crippen LogP contribution in [0.4, 0.5) is 4.79 Å². The highest BCUT2D eigenvalue weighted by Gasteiger charge is 2.27. The summed E-state index contributed by atoms with van der Waals surface area (Å²) in [4.78, 5) is 26.1. The number of aliphatic carboxylic acids is 1. The summed E-state index contributed by atoms with van der Waals surface area (Å²) in [6.45, 7) is 3.56. The van der Waals surface area contributed by atoms with Gasteiger partial charge < -0.3 is 24.7 Å². The fourth-order valence-electron chi connectivity index (χ4n) is 2.31. The van der Waals surface area contributed by atoms with E-state index in [4.69, 9.17) is 14.9 Å². The molecular formula is C13H24N2O5. The van der Waals surface area contributed by atoms with Crippen molar-refractivity contribution >= 4 is 12.0 Å². The fourth-order valence-corrected chi connectivity index (χ4v) is 2.31. The lowest BCUT2D eigenvalue weighted by molar-refractivity contribution is -0.137. The molecule has 1 aliphatic heterocycles. The van der Waals surface area contributed by atoms with Gasteiger partial charge in [0.15, 0.2) is 0 Å². The molecule has 20 heavy (non-hydrogen) atoms. The van der Waals surface area contributed by atoms with Crippen LogP contribution in [0.15, 0.2) is 0 Å². The van der Waals surface area contributed by atoms with Gasteiger partial charge in [-0.3, -0.25) is 4.79 Å². The summed E-state index contributed by atoms with van der Waals surface area (Å²) in [6, 6.07) is -0.213. The maximum Gasteiger partial charge on any atom is 0.323 e. The molecule has 2 amide bonds. The highest BCUT2D eigenvalue weighted by atomic mass is 16.5. The number of hydrogen-bond donors (Lipinski definition) is 2.